The third kappa shape index (κ3) is 66.9. The Morgan fingerprint density at radius 3 is 0.644 bits per heavy atom. The molecule has 0 amide bonds. The zero-order chi connectivity index (χ0) is 33.8. The van der Waals surface area contributed by atoms with Gasteiger partial charge in [-0.1, -0.05) is 168 Å². The standard InChI is InChI=1S/2C19H42N.C2H4O2.ClH/c2*1-5-6-7-8-9-10-11-12-13-14-15-16-17-18-19-20(2,3)4;1-2(3)4;/h2*5-19H2,1-4H3;1H3,(H,3,4);1H/q2*+1;;/p-2. The lowest BCUT2D eigenvalue weighted by Crippen LogP contribution is -3.00. The largest absolute Gasteiger partial charge is 1.00 e. The zero-order valence-electron chi connectivity index (χ0n) is 32.8. The number of hydrogen-bond acceptors (Lipinski definition) is 2. The van der Waals surface area contributed by atoms with Crippen molar-refractivity contribution < 1.29 is 31.3 Å². The monoisotopic (exact) mass is 663 g/mol. The lowest BCUT2D eigenvalue weighted by atomic mass is 10.0. The van der Waals surface area contributed by atoms with Gasteiger partial charge < -0.3 is 31.3 Å². The molecule has 0 radical (unpaired) electrons. The van der Waals surface area contributed by atoms with Gasteiger partial charge in [0, 0.05) is 5.97 Å². The van der Waals surface area contributed by atoms with Crippen molar-refractivity contribution in [1.29, 1.82) is 0 Å². The Bertz CT molecular complexity index is 497. The van der Waals surface area contributed by atoms with Crippen LogP contribution in [0.3, 0.4) is 0 Å². The summed E-state index contributed by atoms with van der Waals surface area (Å²) in [4.78, 5) is 8.89. The Morgan fingerprint density at radius 2 is 0.511 bits per heavy atom. The number of carbonyl (C=O) groups is 1. The minimum absolute atomic E-state index is 0. The third-order valence-electron chi connectivity index (χ3n) is 8.36. The van der Waals surface area contributed by atoms with Gasteiger partial charge in [0.15, 0.2) is 0 Å². The van der Waals surface area contributed by atoms with Crippen LogP contribution in [-0.4, -0.2) is 70.3 Å². The second-order valence-electron chi connectivity index (χ2n) is 15.7. The van der Waals surface area contributed by atoms with Crippen LogP contribution in [0.1, 0.15) is 201 Å². The van der Waals surface area contributed by atoms with Gasteiger partial charge in [0.05, 0.1) is 55.4 Å². The van der Waals surface area contributed by atoms with Gasteiger partial charge in [0.25, 0.3) is 0 Å². The van der Waals surface area contributed by atoms with E-state index in [-0.39, 0.29) is 12.4 Å². The molecule has 45 heavy (non-hydrogen) atoms. The van der Waals surface area contributed by atoms with E-state index in [4.69, 9.17) is 9.90 Å². The summed E-state index contributed by atoms with van der Waals surface area (Å²) in [5, 5.41) is 8.89. The Balaban J connectivity index is -0.000000327. The van der Waals surface area contributed by atoms with E-state index in [0.29, 0.717) is 0 Å². The fourth-order valence-corrected chi connectivity index (χ4v) is 5.56. The van der Waals surface area contributed by atoms with Crippen LogP contribution in [0.15, 0.2) is 0 Å². The summed E-state index contributed by atoms with van der Waals surface area (Å²) in [6.07, 6.45) is 40.7. The van der Waals surface area contributed by atoms with Crippen LogP contribution in [0, 0.1) is 0 Å². The molecule has 0 rings (SSSR count). The number of unbranched alkanes of at least 4 members (excludes halogenated alkanes) is 26. The fourth-order valence-electron chi connectivity index (χ4n) is 5.56. The normalized spacial score (nSPS) is 11.2. The summed E-state index contributed by atoms with van der Waals surface area (Å²) in [6.45, 7) is 8.22. The molecule has 0 N–H and O–H groups in total. The number of quaternary nitrogens is 2. The lowest BCUT2D eigenvalue weighted by Gasteiger charge is -2.23. The van der Waals surface area contributed by atoms with Gasteiger partial charge >= 0.3 is 0 Å². The van der Waals surface area contributed by atoms with E-state index in [9.17, 15) is 0 Å². The van der Waals surface area contributed by atoms with E-state index in [2.05, 4.69) is 56.1 Å². The van der Waals surface area contributed by atoms with Gasteiger partial charge in [-0.25, -0.2) is 0 Å². The van der Waals surface area contributed by atoms with Crippen LogP contribution >= 0.6 is 0 Å². The second kappa shape index (κ2) is 39.9. The molecule has 0 unspecified atom stereocenters. The van der Waals surface area contributed by atoms with Crippen molar-refractivity contribution in [3.8, 4) is 0 Å². The second-order valence-corrected chi connectivity index (χ2v) is 15.7. The average molecular weight is 664 g/mol. The SMILES string of the molecule is CC(=O)[O-].CCCCCCCCCCCCCCCC[N+](C)(C)C.CCCCCCCCCCCCCCCC[N+](C)(C)C.[Cl-]. The average Bonchev–Trinajstić information content (AvgIpc) is 2.92. The van der Waals surface area contributed by atoms with E-state index in [0.717, 1.165) is 15.9 Å². The van der Waals surface area contributed by atoms with Crippen molar-refractivity contribution in [2.45, 2.75) is 201 Å². The molecular formula is C40H87ClN2O2. The molecule has 0 aromatic rings. The van der Waals surface area contributed by atoms with Crippen LogP contribution < -0.4 is 17.5 Å². The zero-order valence-corrected chi connectivity index (χ0v) is 33.6. The minimum atomic E-state index is -1.08. The van der Waals surface area contributed by atoms with Crippen molar-refractivity contribution in [2.24, 2.45) is 0 Å². The third-order valence-corrected chi connectivity index (χ3v) is 8.36. The smallest absolute Gasteiger partial charge is 0.0780 e. The number of nitrogens with zero attached hydrogens (tertiary/aromatic N) is 2. The molecule has 0 heterocycles. The molecule has 0 aromatic heterocycles. The Hall–Kier alpha value is -0.320. The molecule has 0 spiro atoms. The molecule has 0 fully saturated rings. The number of hydrogen-bond donors (Lipinski definition) is 0. The Morgan fingerprint density at radius 1 is 0.378 bits per heavy atom. The molecule has 0 aliphatic heterocycles. The van der Waals surface area contributed by atoms with Crippen molar-refractivity contribution in [2.75, 3.05) is 55.4 Å². The number of halogens is 1. The molecule has 5 heteroatoms. The van der Waals surface area contributed by atoms with Gasteiger partial charge in [-0.3, -0.25) is 0 Å². The van der Waals surface area contributed by atoms with Crippen LogP contribution in [0.5, 0.6) is 0 Å². The molecule has 0 aliphatic carbocycles. The van der Waals surface area contributed by atoms with Crippen molar-refractivity contribution >= 4 is 5.97 Å². The van der Waals surface area contributed by atoms with Crippen LogP contribution in [0.2, 0.25) is 0 Å². The fraction of sp³-hybridized carbons (Fsp3) is 0.975. The topological polar surface area (TPSA) is 40.1 Å². The van der Waals surface area contributed by atoms with Gasteiger partial charge in [-0.05, 0) is 32.6 Å². The van der Waals surface area contributed by atoms with Gasteiger partial charge in [-0.15, -0.1) is 0 Å². The summed E-state index contributed by atoms with van der Waals surface area (Å²) >= 11 is 0. The molecular weight excluding hydrogens is 576 g/mol. The molecule has 0 aromatic carbocycles. The molecule has 0 saturated carbocycles. The minimum Gasteiger partial charge on any atom is -1.00 e. The number of carboxylic acid groups (broad SMARTS) is 1. The van der Waals surface area contributed by atoms with Crippen molar-refractivity contribution in [3.63, 3.8) is 0 Å². The molecule has 276 valence electrons. The quantitative estimate of drug-likeness (QED) is 0.0576. The number of carbonyl (C=O) groups excluding carboxylic acids is 1. The summed E-state index contributed by atoms with van der Waals surface area (Å²) in [7, 11) is 13.8. The summed E-state index contributed by atoms with van der Waals surface area (Å²) in [5.74, 6) is -1.08. The molecule has 0 bridgehead atoms. The highest BCUT2D eigenvalue weighted by atomic mass is 35.5. The Kier molecular flexibility index (Phi) is 45.6. The first kappa shape index (κ1) is 51.5. The first-order valence-electron chi connectivity index (χ1n) is 19.6. The maximum Gasteiger partial charge on any atom is 0.0780 e. The summed E-state index contributed by atoms with van der Waals surface area (Å²) < 4.78 is 2.25. The maximum absolute atomic E-state index is 8.89. The van der Waals surface area contributed by atoms with Gasteiger partial charge in [0.2, 0.25) is 0 Å². The first-order valence-corrected chi connectivity index (χ1v) is 19.6. The predicted molar refractivity (Wildman–Crippen MR) is 197 cm³/mol. The lowest BCUT2D eigenvalue weighted by molar-refractivity contribution is -0.870. The maximum atomic E-state index is 8.89. The first-order chi connectivity index (χ1) is 20.9. The van der Waals surface area contributed by atoms with Gasteiger partial charge in [-0.2, -0.15) is 0 Å². The van der Waals surface area contributed by atoms with Crippen LogP contribution in [0.25, 0.3) is 0 Å². The van der Waals surface area contributed by atoms with E-state index < -0.39 is 5.97 Å². The van der Waals surface area contributed by atoms with Crippen molar-refractivity contribution in [3.05, 3.63) is 0 Å². The molecule has 0 aliphatic rings. The van der Waals surface area contributed by atoms with Crippen LogP contribution in [-0.2, 0) is 4.79 Å². The molecule has 4 nitrogen and oxygen atoms in total. The van der Waals surface area contributed by atoms with E-state index in [1.54, 1.807) is 0 Å². The Labute approximate surface area is 292 Å². The van der Waals surface area contributed by atoms with Gasteiger partial charge in [0.1, 0.15) is 0 Å². The molecule has 0 atom stereocenters. The van der Waals surface area contributed by atoms with E-state index in [1.807, 2.05) is 0 Å². The summed E-state index contributed by atoms with van der Waals surface area (Å²) in [5.41, 5.74) is 0. The number of rotatable bonds is 30. The summed E-state index contributed by atoms with van der Waals surface area (Å²) in [6, 6.07) is 0. The van der Waals surface area contributed by atoms with Crippen LogP contribution in [0.4, 0.5) is 0 Å². The van der Waals surface area contributed by atoms with E-state index in [1.165, 1.54) is 193 Å². The number of aliphatic carboxylic acids is 1. The molecule has 0 saturated heterocycles. The van der Waals surface area contributed by atoms with Crippen molar-refractivity contribution in [1.82, 2.24) is 0 Å². The highest BCUT2D eigenvalue weighted by Gasteiger charge is 2.06. The highest BCUT2D eigenvalue weighted by molar-refractivity contribution is 5.60. The highest BCUT2D eigenvalue weighted by Crippen LogP contribution is 2.14. The number of carboxylic acids is 1. The predicted octanol–water partition coefficient (Wildman–Crippen LogP) is 8.11. The van der Waals surface area contributed by atoms with E-state index >= 15 is 0 Å².